The van der Waals surface area contributed by atoms with Crippen molar-refractivity contribution in [3.8, 4) is 0 Å². The van der Waals surface area contributed by atoms with E-state index >= 15 is 0 Å². The zero-order valence-electron chi connectivity index (χ0n) is 7.37. The Morgan fingerprint density at radius 1 is 1.38 bits per heavy atom. The fourth-order valence-corrected chi connectivity index (χ4v) is 1.25. The predicted octanol–water partition coefficient (Wildman–Crippen LogP) is 2.52. The second kappa shape index (κ2) is 6.38. The van der Waals surface area contributed by atoms with E-state index in [1.807, 2.05) is 24.3 Å². The Kier molecular flexibility index (Phi) is 6.33. The van der Waals surface area contributed by atoms with E-state index in [9.17, 15) is 0 Å². The molecule has 1 aromatic carbocycles. The third kappa shape index (κ3) is 4.09. The molecule has 0 radical (unpaired) electrons. The number of methoxy groups -OCH3 is 1. The first kappa shape index (κ1) is 12.9. The van der Waals surface area contributed by atoms with Crippen molar-refractivity contribution >= 4 is 28.3 Å². The molecule has 0 aliphatic heterocycles. The van der Waals surface area contributed by atoms with Crippen LogP contribution < -0.4 is 5.73 Å². The molecule has 0 bridgehead atoms. The molecule has 1 aromatic rings. The largest absolute Gasteiger partial charge is 0.383 e. The van der Waals surface area contributed by atoms with Crippen LogP contribution in [-0.4, -0.2) is 13.7 Å². The van der Waals surface area contributed by atoms with Crippen LogP contribution in [-0.2, 0) is 4.74 Å². The summed E-state index contributed by atoms with van der Waals surface area (Å²) >= 11 is 3.36. The van der Waals surface area contributed by atoms with E-state index in [1.54, 1.807) is 7.11 Å². The van der Waals surface area contributed by atoms with Gasteiger partial charge in [-0.2, -0.15) is 0 Å². The number of hydrogen-bond donors (Lipinski definition) is 1. The zero-order valence-corrected chi connectivity index (χ0v) is 9.77. The number of rotatable bonds is 3. The Bertz CT molecular complexity index is 240. The van der Waals surface area contributed by atoms with Crippen molar-refractivity contribution in [1.82, 2.24) is 0 Å². The molecule has 1 rings (SSSR count). The minimum Gasteiger partial charge on any atom is -0.383 e. The van der Waals surface area contributed by atoms with Gasteiger partial charge in [0.2, 0.25) is 0 Å². The summed E-state index contributed by atoms with van der Waals surface area (Å²) in [5.41, 5.74) is 6.91. The average Bonchev–Trinajstić information content (AvgIpc) is 2.06. The van der Waals surface area contributed by atoms with Gasteiger partial charge in [-0.25, -0.2) is 0 Å². The Hall–Kier alpha value is -0.0900. The first-order valence-corrected chi connectivity index (χ1v) is 4.53. The second-order valence-corrected chi connectivity index (χ2v) is 3.53. The lowest BCUT2D eigenvalue weighted by atomic mass is 10.1. The van der Waals surface area contributed by atoms with Crippen LogP contribution >= 0.6 is 28.3 Å². The first-order valence-electron chi connectivity index (χ1n) is 3.74. The molecule has 0 aromatic heterocycles. The van der Waals surface area contributed by atoms with Gasteiger partial charge < -0.3 is 10.5 Å². The maximum atomic E-state index is 5.82. The highest BCUT2D eigenvalue weighted by Crippen LogP contribution is 2.15. The highest BCUT2D eigenvalue weighted by Gasteiger charge is 2.03. The van der Waals surface area contributed by atoms with Gasteiger partial charge in [0.1, 0.15) is 0 Å². The highest BCUT2D eigenvalue weighted by atomic mass is 79.9. The van der Waals surface area contributed by atoms with Crippen LogP contribution in [0, 0.1) is 0 Å². The van der Waals surface area contributed by atoms with E-state index in [2.05, 4.69) is 15.9 Å². The fourth-order valence-electron chi connectivity index (χ4n) is 0.986. The summed E-state index contributed by atoms with van der Waals surface area (Å²) in [6.45, 7) is 0.557. The van der Waals surface area contributed by atoms with Crippen LogP contribution in [0.5, 0.6) is 0 Å². The first-order chi connectivity index (χ1) is 5.74. The van der Waals surface area contributed by atoms with Crippen molar-refractivity contribution < 1.29 is 4.74 Å². The molecule has 2 N–H and O–H groups in total. The molecule has 1 atom stereocenters. The van der Waals surface area contributed by atoms with Gasteiger partial charge in [0.25, 0.3) is 0 Å². The van der Waals surface area contributed by atoms with Gasteiger partial charge in [-0.15, -0.1) is 12.4 Å². The summed E-state index contributed by atoms with van der Waals surface area (Å²) in [5.74, 6) is 0. The van der Waals surface area contributed by atoms with Gasteiger partial charge in [-0.1, -0.05) is 28.1 Å². The Morgan fingerprint density at radius 3 is 2.38 bits per heavy atom. The minimum absolute atomic E-state index is 0. The van der Waals surface area contributed by atoms with E-state index < -0.39 is 0 Å². The normalized spacial score (nSPS) is 11.9. The molecule has 0 amide bonds. The van der Waals surface area contributed by atoms with Crippen LogP contribution in [0.2, 0.25) is 0 Å². The molecule has 0 heterocycles. The van der Waals surface area contributed by atoms with Gasteiger partial charge in [-0.3, -0.25) is 0 Å². The molecule has 0 spiro atoms. The molecule has 4 heteroatoms. The fraction of sp³-hybridized carbons (Fsp3) is 0.333. The van der Waals surface area contributed by atoms with Crippen LogP contribution in [0.3, 0.4) is 0 Å². The molecule has 74 valence electrons. The van der Waals surface area contributed by atoms with Crippen LogP contribution in [0.4, 0.5) is 0 Å². The molecular weight excluding hydrogens is 253 g/mol. The number of halogens is 2. The maximum Gasteiger partial charge on any atom is 0.0655 e. The van der Waals surface area contributed by atoms with Crippen molar-refractivity contribution in [2.45, 2.75) is 6.04 Å². The molecule has 1 unspecified atom stereocenters. The average molecular weight is 267 g/mol. The monoisotopic (exact) mass is 265 g/mol. The molecular formula is C9H13BrClNO. The molecule has 2 nitrogen and oxygen atoms in total. The third-order valence-corrected chi connectivity index (χ3v) is 2.17. The van der Waals surface area contributed by atoms with Gasteiger partial charge >= 0.3 is 0 Å². The molecule has 0 fully saturated rings. The summed E-state index contributed by atoms with van der Waals surface area (Å²) < 4.78 is 6.02. The Morgan fingerprint density at radius 2 is 1.92 bits per heavy atom. The van der Waals surface area contributed by atoms with Crippen molar-refractivity contribution in [3.05, 3.63) is 34.3 Å². The molecule has 0 aliphatic rings. The zero-order chi connectivity index (χ0) is 8.97. The summed E-state index contributed by atoms with van der Waals surface area (Å²) in [6.07, 6.45) is 0. The number of ether oxygens (including phenoxy) is 1. The van der Waals surface area contributed by atoms with E-state index in [4.69, 9.17) is 10.5 Å². The van der Waals surface area contributed by atoms with Crippen molar-refractivity contribution in [2.75, 3.05) is 13.7 Å². The van der Waals surface area contributed by atoms with E-state index in [0.717, 1.165) is 10.0 Å². The van der Waals surface area contributed by atoms with Crippen molar-refractivity contribution in [2.24, 2.45) is 5.73 Å². The standard InChI is InChI=1S/C9H12BrNO.ClH/c1-12-6-9(11)7-2-4-8(10)5-3-7;/h2-5,9H,6,11H2,1H3;1H. The summed E-state index contributed by atoms with van der Waals surface area (Å²) in [5, 5.41) is 0. The van der Waals surface area contributed by atoms with Crippen LogP contribution in [0.25, 0.3) is 0 Å². The molecule has 0 aliphatic carbocycles. The number of benzene rings is 1. The molecule has 0 saturated carbocycles. The lowest BCUT2D eigenvalue weighted by Gasteiger charge is -2.10. The van der Waals surface area contributed by atoms with Crippen molar-refractivity contribution in [1.29, 1.82) is 0 Å². The summed E-state index contributed by atoms with van der Waals surface area (Å²) in [7, 11) is 1.65. The quantitative estimate of drug-likeness (QED) is 0.912. The lowest BCUT2D eigenvalue weighted by molar-refractivity contribution is 0.181. The van der Waals surface area contributed by atoms with Gasteiger partial charge in [0, 0.05) is 11.6 Å². The van der Waals surface area contributed by atoms with Gasteiger partial charge in [-0.05, 0) is 17.7 Å². The predicted molar refractivity (Wildman–Crippen MR) is 60.2 cm³/mol. The molecule has 0 saturated heterocycles. The van der Waals surface area contributed by atoms with Crippen LogP contribution in [0.1, 0.15) is 11.6 Å². The summed E-state index contributed by atoms with van der Waals surface area (Å²) in [6, 6.07) is 7.92. The van der Waals surface area contributed by atoms with Crippen LogP contribution in [0.15, 0.2) is 28.7 Å². The number of nitrogens with two attached hydrogens (primary N) is 1. The Balaban J connectivity index is 0.00000144. The SMILES string of the molecule is COCC(N)c1ccc(Br)cc1.Cl. The van der Waals surface area contributed by atoms with Crippen molar-refractivity contribution in [3.63, 3.8) is 0 Å². The van der Waals surface area contributed by atoms with Gasteiger partial charge in [0.05, 0.1) is 12.6 Å². The minimum atomic E-state index is -0.0249. The van der Waals surface area contributed by atoms with Gasteiger partial charge in [0.15, 0.2) is 0 Å². The number of hydrogen-bond acceptors (Lipinski definition) is 2. The van der Waals surface area contributed by atoms with E-state index in [0.29, 0.717) is 6.61 Å². The molecule has 13 heavy (non-hydrogen) atoms. The maximum absolute atomic E-state index is 5.82. The second-order valence-electron chi connectivity index (χ2n) is 2.61. The smallest absolute Gasteiger partial charge is 0.0655 e. The topological polar surface area (TPSA) is 35.2 Å². The highest BCUT2D eigenvalue weighted by molar-refractivity contribution is 9.10. The van der Waals surface area contributed by atoms with E-state index in [-0.39, 0.29) is 18.4 Å². The summed E-state index contributed by atoms with van der Waals surface area (Å²) in [4.78, 5) is 0. The lowest BCUT2D eigenvalue weighted by Crippen LogP contribution is -2.15. The third-order valence-electron chi connectivity index (χ3n) is 1.64. The van der Waals surface area contributed by atoms with E-state index in [1.165, 1.54) is 0 Å². The Labute approximate surface area is 93.0 Å².